The SMILES string of the molecule is CC1CCC(C2NCC(CNC(=O)C3(F)CC3)C(OC3CCN(C)C3)N2)CC1Cl. The monoisotopic (exact) mass is 430 g/mol. The summed E-state index contributed by atoms with van der Waals surface area (Å²) in [6, 6.07) is 0. The lowest BCUT2D eigenvalue weighted by Gasteiger charge is -2.44. The Hall–Kier alpha value is -0.470. The first-order valence-electron chi connectivity index (χ1n) is 11.3. The van der Waals surface area contributed by atoms with Crippen molar-refractivity contribution in [2.45, 2.75) is 75.0 Å². The Kier molecular flexibility index (Phi) is 6.71. The number of carbonyl (C=O) groups is 1. The second-order valence-electron chi connectivity index (χ2n) is 9.78. The van der Waals surface area contributed by atoms with Crippen LogP contribution >= 0.6 is 11.6 Å². The van der Waals surface area contributed by atoms with Crippen molar-refractivity contribution in [3.8, 4) is 0 Å². The average Bonchev–Trinajstić information content (AvgIpc) is 3.33. The zero-order chi connectivity index (χ0) is 20.6. The van der Waals surface area contributed by atoms with Gasteiger partial charge < -0.3 is 20.3 Å². The molecule has 4 fully saturated rings. The van der Waals surface area contributed by atoms with E-state index in [0.29, 0.717) is 31.2 Å². The number of rotatable bonds is 6. The molecule has 2 aliphatic carbocycles. The highest BCUT2D eigenvalue weighted by Crippen LogP contribution is 2.40. The van der Waals surface area contributed by atoms with E-state index in [1.54, 1.807) is 0 Å². The first-order valence-corrected chi connectivity index (χ1v) is 11.7. The Bertz CT molecular complexity index is 593. The number of hydrogen-bond acceptors (Lipinski definition) is 5. The minimum Gasteiger partial charge on any atom is -0.358 e. The molecule has 0 bridgehead atoms. The topological polar surface area (TPSA) is 65.6 Å². The summed E-state index contributed by atoms with van der Waals surface area (Å²) in [6.07, 6.45) is 5.21. The smallest absolute Gasteiger partial charge is 0.257 e. The van der Waals surface area contributed by atoms with Crippen LogP contribution in [0, 0.1) is 17.8 Å². The number of amides is 1. The van der Waals surface area contributed by atoms with Gasteiger partial charge in [-0.15, -0.1) is 11.6 Å². The fourth-order valence-corrected chi connectivity index (χ4v) is 5.28. The van der Waals surface area contributed by atoms with Crippen molar-refractivity contribution in [1.82, 2.24) is 20.9 Å². The van der Waals surface area contributed by atoms with Gasteiger partial charge in [-0.05, 0) is 57.4 Å². The third-order valence-corrected chi connectivity index (χ3v) is 7.90. The molecule has 2 saturated carbocycles. The summed E-state index contributed by atoms with van der Waals surface area (Å²) in [5.41, 5.74) is -1.63. The van der Waals surface area contributed by atoms with Crippen LogP contribution in [-0.4, -0.2) is 73.6 Å². The van der Waals surface area contributed by atoms with Crippen molar-refractivity contribution in [3.05, 3.63) is 0 Å². The number of ether oxygens (including phenoxy) is 1. The van der Waals surface area contributed by atoms with Crippen LogP contribution < -0.4 is 16.0 Å². The minimum absolute atomic E-state index is 0.0674. The van der Waals surface area contributed by atoms with Crippen LogP contribution in [0.15, 0.2) is 0 Å². The van der Waals surface area contributed by atoms with E-state index in [4.69, 9.17) is 16.3 Å². The largest absolute Gasteiger partial charge is 0.358 e. The lowest BCUT2D eigenvalue weighted by molar-refractivity contribution is -0.128. The summed E-state index contributed by atoms with van der Waals surface area (Å²) < 4.78 is 20.5. The summed E-state index contributed by atoms with van der Waals surface area (Å²) >= 11 is 6.56. The van der Waals surface area contributed by atoms with E-state index in [0.717, 1.165) is 45.3 Å². The molecular formula is C21H36ClFN4O2. The van der Waals surface area contributed by atoms with Crippen LogP contribution in [0.1, 0.15) is 45.4 Å². The third-order valence-electron chi connectivity index (χ3n) is 7.29. The lowest BCUT2D eigenvalue weighted by Crippen LogP contribution is -2.64. The molecule has 3 N–H and O–H groups in total. The van der Waals surface area contributed by atoms with E-state index in [9.17, 15) is 9.18 Å². The molecule has 4 aliphatic rings. The van der Waals surface area contributed by atoms with Gasteiger partial charge in [0, 0.05) is 37.5 Å². The highest BCUT2D eigenvalue weighted by Gasteiger charge is 2.51. The summed E-state index contributed by atoms with van der Waals surface area (Å²) in [6.45, 7) is 5.36. The summed E-state index contributed by atoms with van der Waals surface area (Å²) in [5, 5.41) is 10.3. The van der Waals surface area contributed by atoms with Crippen LogP contribution in [0.3, 0.4) is 0 Å². The third kappa shape index (κ3) is 5.24. The molecular weight excluding hydrogens is 395 g/mol. The number of nitrogens with zero attached hydrogens (tertiary/aromatic N) is 1. The second-order valence-corrected chi connectivity index (χ2v) is 10.3. The molecule has 6 nitrogen and oxygen atoms in total. The normalized spacial score (nSPS) is 42.6. The number of alkyl halides is 2. The molecule has 7 unspecified atom stereocenters. The Morgan fingerprint density at radius 1 is 1.34 bits per heavy atom. The van der Waals surface area contributed by atoms with E-state index in [1.807, 2.05) is 0 Å². The molecule has 0 aromatic rings. The summed E-state index contributed by atoms with van der Waals surface area (Å²) in [7, 11) is 2.11. The summed E-state index contributed by atoms with van der Waals surface area (Å²) in [5.74, 6) is 0.640. The van der Waals surface area contributed by atoms with Crippen molar-refractivity contribution in [3.63, 3.8) is 0 Å². The van der Waals surface area contributed by atoms with Gasteiger partial charge in [0.2, 0.25) is 0 Å². The Labute approximate surface area is 178 Å². The number of nitrogens with one attached hydrogen (secondary N) is 3. The maximum atomic E-state index is 14.0. The number of carbonyl (C=O) groups excluding carboxylic acids is 1. The molecule has 0 spiro atoms. The fourth-order valence-electron chi connectivity index (χ4n) is 4.92. The average molecular weight is 431 g/mol. The number of hydrogen-bond donors (Lipinski definition) is 3. The van der Waals surface area contributed by atoms with E-state index < -0.39 is 11.6 Å². The summed E-state index contributed by atoms with van der Waals surface area (Å²) in [4.78, 5) is 14.3. The van der Waals surface area contributed by atoms with Gasteiger partial charge in [0.15, 0.2) is 5.67 Å². The van der Waals surface area contributed by atoms with Crippen LogP contribution in [0.25, 0.3) is 0 Å². The van der Waals surface area contributed by atoms with E-state index in [1.165, 1.54) is 0 Å². The van der Waals surface area contributed by atoms with E-state index in [-0.39, 0.29) is 29.8 Å². The van der Waals surface area contributed by atoms with Gasteiger partial charge >= 0.3 is 0 Å². The van der Waals surface area contributed by atoms with Crippen LogP contribution in [0.5, 0.6) is 0 Å². The van der Waals surface area contributed by atoms with Gasteiger partial charge in [0.05, 0.1) is 12.3 Å². The van der Waals surface area contributed by atoms with Gasteiger partial charge in [0.1, 0.15) is 6.23 Å². The predicted molar refractivity (Wildman–Crippen MR) is 111 cm³/mol. The Morgan fingerprint density at radius 2 is 2.14 bits per heavy atom. The van der Waals surface area contributed by atoms with Crippen molar-refractivity contribution < 1.29 is 13.9 Å². The molecule has 0 aromatic carbocycles. The first-order chi connectivity index (χ1) is 13.8. The van der Waals surface area contributed by atoms with E-state index >= 15 is 0 Å². The molecule has 0 radical (unpaired) electrons. The van der Waals surface area contributed by atoms with Crippen LogP contribution in [0.4, 0.5) is 4.39 Å². The zero-order valence-electron chi connectivity index (χ0n) is 17.6. The number of likely N-dealkylation sites (N-methyl/N-ethyl adjacent to an activating group) is 1. The van der Waals surface area contributed by atoms with Gasteiger partial charge in [-0.3, -0.25) is 10.1 Å². The van der Waals surface area contributed by atoms with Gasteiger partial charge in [-0.2, -0.15) is 0 Å². The second kappa shape index (κ2) is 8.95. The molecule has 29 heavy (non-hydrogen) atoms. The minimum atomic E-state index is -1.63. The highest BCUT2D eigenvalue weighted by molar-refractivity contribution is 6.20. The quantitative estimate of drug-likeness (QED) is 0.561. The molecule has 4 rings (SSSR count). The molecule has 2 saturated heterocycles. The predicted octanol–water partition coefficient (Wildman–Crippen LogP) is 1.83. The standard InChI is InChI=1S/C21H36ClFN4O2/c1-13-3-4-14(9-17(13)22)18-24-10-15(11-25-20(28)21(23)6-7-21)19(26-18)29-16-5-8-27(2)12-16/h13-19,24,26H,3-12H2,1-2H3,(H,25,28). The fraction of sp³-hybridized carbons (Fsp3) is 0.952. The maximum absolute atomic E-state index is 14.0. The van der Waals surface area contributed by atoms with Gasteiger partial charge in [-0.1, -0.05) is 6.92 Å². The molecule has 1 amide bonds. The number of likely N-dealkylation sites (tertiary alicyclic amines) is 1. The maximum Gasteiger partial charge on any atom is 0.257 e. The van der Waals surface area contributed by atoms with E-state index in [2.05, 4.69) is 34.8 Å². The molecule has 2 aliphatic heterocycles. The molecule has 166 valence electrons. The van der Waals surface area contributed by atoms with Crippen molar-refractivity contribution in [2.24, 2.45) is 17.8 Å². The van der Waals surface area contributed by atoms with Crippen molar-refractivity contribution in [2.75, 3.05) is 33.2 Å². The van der Waals surface area contributed by atoms with Crippen LogP contribution in [-0.2, 0) is 9.53 Å². The number of halogens is 2. The molecule has 7 atom stereocenters. The molecule has 0 aromatic heterocycles. The van der Waals surface area contributed by atoms with Gasteiger partial charge in [-0.25, -0.2) is 4.39 Å². The lowest BCUT2D eigenvalue weighted by atomic mass is 9.80. The van der Waals surface area contributed by atoms with Gasteiger partial charge in [0.25, 0.3) is 5.91 Å². The molecule has 2 heterocycles. The molecule has 8 heteroatoms. The van der Waals surface area contributed by atoms with Crippen LogP contribution in [0.2, 0.25) is 0 Å². The van der Waals surface area contributed by atoms with Crippen molar-refractivity contribution >= 4 is 17.5 Å². The Balaban J connectivity index is 1.36. The zero-order valence-corrected chi connectivity index (χ0v) is 18.4. The first kappa shape index (κ1) is 21.8. The Morgan fingerprint density at radius 3 is 2.79 bits per heavy atom. The van der Waals surface area contributed by atoms with Crippen molar-refractivity contribution in [1.29, 1.82) is 0 Å². The highest BCUT2D eigenvalue weighted by atomic mass is 35.5.